The molecule has 34 heavy (non-hydrogen) atoms. The number of benzene rings is 2. The monoisotopic (exact) mass is 453 g/mol. The largest absolute Gasteiger partial charge is 0.452 e. The smallest absolute Gasteiger partial charge is 0.339 e. The van der Waals surface area contributed by atoms with Crippen LogP contribution in [-0.2, 0) is 9.53 Å². The molecule has 0 fully saturated rings. The molecule has 0 saturated carbocycles. The van der Waals surface area contributed by atoms with Crippen molar-refractivity contribution in [2.45, 2.75) is 19.9 Å². The highest BCUT2D eigenvalue weighted by atomic mass is 16.5. The summed E-state index contributed by atoms with van der Waals surface area (Å²) in [5, 5.41) is 14.1. The number of carbonyl (C=O) groups excluding carboxylic acids is 2. The Morgan fingerprint density at radius 1 is 1.09 bits per heavy atom. The molecule has 2 heterocycles. The van der Waals surface area contributed by atoms with Crippen molar-refractivity contribution in [1.29, 1.82) is 5.26 Å². The van der Waals surface area contributed by atoms with E-state index in [2.05, 4.69) is 5.10 Å². The van der Waals surface area contributed by atoms with Crippen LogP contribution in [0.4, 0.5) is 5.69 Å². The topological polar surface area (TPSA) is 101 Å². The number of nitrogens with zero attached hydrogens (tertiary/aromatic N) is 5. The van der Waals surface area contributed by atoms with Crippen LogP contribution in [0.15, 0.2) is 72.9 Å². The number of para-hydroxylation sites is 1. The number of fused-ring (bicyclic) bond motifs is 1. The lowest BCUT2D eigenvalue weighted by molar-refractivity contribution is -0.121. The third-order valence-electron chi connectivity index (χ3n) is 5.27. The number of esters is 1. The molecule has 1 amide bonds. The molecule has 0 aliphatic rings. The first kappa shape index (κ1) is 22.7. The highest BCUT2D eigenvalue weighted by molar-refractivity contribution is 6.05. The predicted molar refractivity (Wildman–Crippen MR) is 128 cm³/mol. The van der Waals surface area contributed by atoms with Crippen LogP contribution in [0.3, 0.4) is 0 Å². The minimum absolute atomic E-state index is 0.0342. The minimum Gasteiger partial charge on any atom is -0.452 e. The molecule has 0 atom stereocenters. The second kappa shape index (κ2) is 9.96. The van der Waals surface area contributed by atoms with Gasteiger partial charge in [0.05, 0.1) is 28.9 Å². The number of amides is 1. The maximum Gasteiger partial charge on any atom is 0.339 e. The first-order chi connectivity index (χ1) is 16.5. The molecule has 8 heteroatoms. The Labute approximate surface area is 197 Å². The Balaban J connectivity index is 1.64. The van der Waals surface area contributed by atoms with Gasteiger partial charge in [-0.25, -0.2) is 14.5 Å². The number of hydrogen-bond donors (Lipinski definition) is 0. The second-order valence-corrected chi connectivity index (χ2v) is 7.89. The summed E-state index contributed by atoms with van der Waals surface area (Å²) < 4.78 is 7.15. The lowest BCUT2D eigenvalue weighted by Crippen LogP contribution is -2.35. The van der Waals surface area contributed by atoms with E-state index >= 15 is 0 Å². The van der Waals surface area contributed by atoms with Crippen molar-refractivity contribution in [2.24, 2.45) is 0 Å². The van der Waals surface area contributed by atoms with Gasteiger partial charge in [-0.15, -0.1) is 0 Å². The summed E-state index contributed by atoms with van der Waals surface area (Å²) >= 11 is 0. The van der Waals surface area contributed by atoms with Gasteiger partial charge in [-0.05, 0) is 32.0 Å². The first-order valence-electron chi connectivity index (χ1n) is 10.8. The fraction of sp³-hybridized carbons (Fsp3) is 0.192. The quantitative estimate of drug-likeness (QED) is 0.304. The normalized spacial score (nSPS) is 10.8. The van der Waals surface area contributed by atoms with Gasteiger partial charge in [0.2, 0.25) is 0 Å². The Bertz CT molecular complexity index is 1360. The fourth-order valence-corrected chi connectivity index (χ4v) is 3.61. The molecule has 2 aromatic heterocycles. The van der Waals surface area contributed by atoms with E-state index in [0.717, 1.165) is 5.56 Å². The van der Waals surface area contributed by atoms with E-state index in [0.29, 0.717) is 22.4 Å². The van der Waals surface area contributed by atoms with E-state index in [1.807, 2.05) is 56.3 Å². The molecule has 0 aliphatic heterocycles. The molecule has 0 bridgehead atoms. The van der Waals surface area contributed by atoms with E-state index in [4.69, 9.17) is 15.0 Å². The van der Waals surface area contributed by atoms with Crippen molar-refractivity contribution in [1.82, 2.24) is 14.8 Å². The molecule has 2 aromatic carbocycles. The maximum absolute atomic E-state index is 13.1. The summed E-state index contributed by atoms with van der Waals surface area (Å²) in [6, 6.07) is 22.0. The number of pyridine rings is 1. The molecular formula is C26H23N5O3. The SMILES string of the molecule is CC(C)n1ncc2c(C(=O)OCC(=O)N(CC#N)c3ccccc3)cc(-c3ccccc3)nc21. The highest BCUT2D eigenvalue weighted by Gasteiger charge is 2.22. The van der Waals surface area contributed by atoms with Crippen molar-refractivity contribution in [2.75, 3.05) is 18.1 Å². The zero-order valence-corrected chi connectivity index (χ0v) is 18.9. The van der Waals surface area contributed by atoms with Gasteiger partial charge in [0.25, 0.3) is 5.91 Å². The molecule has 4 aromatic rings. The Morgan fingerprint density at radius 2 is 1.76 bits per heavy atom. The van der Waals surface area contributed by atoms with Crippen LogP contribution >= 0.6 is 0 Å². The van der Waals surface area contributed by atoms with Crippen molar-refractivity contribution in [3.63, 3.8) is 0 Å². The number of anilines is 1. The van der Waals surface area contributed by atoms with Crippen molar-refractivity contribution >= 4 is 28.6 Å². The predicted octanol–water partition coefficient (Wildman–Crippen LogP) is 4.39. The Morgan fingerprint density at radius 3 is 2.41 bits per heavy atom. The molecule has 170 valence electrons. The van der Waals surface area contributed by atoms with Crippen LogP contribution < -0.4 is 4.90 Å². The molecule has 4 rings (SSSR count). The van der Waals surface area contributed by atoms with Gasteiger partial charge in [0.15, 0.2) is 12.3 Å². The summed E-state index contributed by atoms with van der Waals surface area (Å²) in [6.45, 7) is 3.30. The van der Waals surface area contributed by atoms with Gasteiger partial charge in [-0.2, -0.15) is 10.4 Å². The van der Waals surface area contributed by atoms with Gasteiger partial charge in [-0.3, -0.25) is 9.69 Å². The van der Waals surface area contributed by atoms with Crippen molar-refractivity contribution in [3.05, 3.63) is 78.5 Å². The molecule has 0 unspecified atom stereocenters. The van der Waals surface area contributed by atoms with Gasteiger partial charge < -0.3 is 4.74 Å². The summed E-state index contributed by atoms with van der Waals surface area (Å²) in [4.78, 5) is 31.9. The highest BCUT2D eigenvalue weighted by Crippen LogP contribution is 2.27. The first-order valence-corrected chi connectivity index (χ1v) is 10.8. The molecule has 0 spiro atoms. The van der Waals surface area contributed by atoms with Crippen molar-refractivity contribution in [3.8, 4) is 17.3 Å². The number of hydrogen-bond acceptors (Lipinski definition) is 6. The van der Waals surface area contributed by atoms with Crippen LogP contribution in [0.1, 0.15) is 30.2 Å². The maximum atomic E-state index is 13.1. The number of carbonyl (C=O) groups is 2. The molecule has 8 nitrogen and oxygen atoms in total. The van der Waals surface area contributed by atoms with Crippen LogP contribution in [0, 0.1) is 11.3 Å². The van der Waals surface area contributed by atoms with E-state index in [9.17, 15) is 9.59 Å². The Kier molecular flexibility index (Phi) is 6.64. The molecule has 0 aliphatic carbocycles. The standard InChI is InChI=1S/C26H23N5O3/c1-18(2)31-25-22(16-28-31)21(15-23(29-25)19-9-5-3-6-10-19)26(33)34-17-24(32)30(14-13-27)20-11-7-4-8-12-20/h3-12,15-16,18H,14,17H2,1-2H3. The summed E-state index contributed by atoms with van der Waals surface area (Å²) in [5.74, 6) is -1.15. The van der Waals surface area contributed by atoms with Crippen LogP contribution in [-0.4, -0.2) is 39.8 Å². The lowest BCUT2D eigenvalue weighted by atomic mass is 10.1. The Hall–Kier alpha value is -4.51. The van der Waals surface area contributed by atoms with E-state index in [1.54, 1.807) is 41.2 Å². The molecule has 0 N–H and O–H groups in total. The zero-order valence-electron chi connectivity index (χ0n) is 18.9. The van der Waals surface area contributed by atoms with E-state index < -0.39 is 18.5 Å². The summed E-state index contributed by atoms with van der Waals surface area (Å²) in [6.07, 6.45) is 1.58. The van der Waals surface area contributed by atoms with Crippen LogP contribution in [0.2, 0.25) is 0 Å². The van der Waals surface area contributed by atoms with E-state index in [1.165, 1.54) is 4.90 Å². The van der Waals surface area contributed by atoms with Crippen LogP contribution in [0.5, 0.6) is 0 Å². The van der Waals surface area contributed by atoms with Crippen LogP contribution in [0.25, 0.3) is 22.3 Å². The van der Waals surface area contributed by atoms with Gasteiger partial charge in [0, 0.05) is 17.3 Å². The van der Waals surface area contributed by atoms with Gasteiger partial charge in [0.1, 0.15) is 6.54 Å². The zero-order chi connectivity index (χ0) is 24.1. The third-order valence-corrected chi connectivity index (χ3v) is 5.27. The van der Waals surface area contributed by atoms with Gasteiger partial charge >= 0.3 is 5.97 Å². The molecule has 0 radical (unpaired) electrons. The van der Waals surface area contributed by atoms with Gasteiger partial charge in [-0.1, -0.05) is 48.5 Å². The molecular weight excluding hydrogens is 430 g/mol. The lowest BCUT2D eigenvalue weighted by Gasteiger charge is -2.19. The average Bonchev–Trinajstić information content (AvgIpc) is 3.30. The summed E-state index contributed by atoms with van der Waals surface area (Å²) in [7, 11) is 0. The minimum atomic E-state index is -0.661. The fourth-order valence-electron chi connectivity index (χ4n) is 3.61. The third kappa shape index (κ3) is 4.64. The number of ether oxygens (including phenoxy) is 1. The number of nitriles is 1. The molecule has 0 saturated heterocycles. The average molecular weight is 454 g/mol. The number of aromatic nitrogens is 3. The van der Waals surface area contributed by atoms with E-state index in [-0.39, 0.29) is 18.2 Å². The number of rotatable bonds is 7. The van der Waals surface area contributed by atoms with Crippen molar-refractivity contribution < 1.29 is 14.3 Å². The second-order valence-electron chi connectivity index (χ2n) is 7.89. The summed E-state index contributed by atoms with van der Waals surface area (Å²) in [5.41, 5.74) is 2.83.